The van der Waals surface area contributed by atoms with Gasteiger partial charge in [-0.15, -0.1) is 10.2 Å². The lowest BCUT2D eigenvalue weighted by molar-refractivity contribution is -0.113. The number of hydrogen-bond donors (Lipinski definition) is 1. The Hall–Kier alpha value is -2.40. The lowest BCUT2D eigenvalue weighted by atomic mass is 10.3. The van der Waals surface area contributed by atoms with Crippen molar-refractivity contribution >= 4 is 45.0 Å². The molecule has 0 spiro atoms. The molecule has 0 atom stereocenters. The highest BCUT2D eigenvalue weighted by atomic mass is 35.5. The van der Waals surface area contributed by atoms with E-state index in [9.17, 15) is 13.2 Å². The van der Waals surface area contributed by atoms with Gasteiger partial charge < -0.3 is 5.32 Å². The summed E-state index contributed by atoms with van der Waals surface area (Å²) in [6, 6.07) is 13.8. The van der Waals surface area contributed by atoms with E-state index in [2.05, 4.69) is 15.5 Å². The van der Waals surface area contributed by atoms with Crippen LogP contribution >= 0.6 is 23.4 Å². The summed E-state index contributed by atoms with van der Waals surface area (Å²) in [5, 5.41) is 11.5. The molecule has 0 fully saturated rings. The first-order valence-electron chi connectivity index (χ1n) is 9.54. The Morgan fingerprint density at radius 2 is 1.87 bits per heavy atom. The fourth-order valence-corrected chi connectivity index (χ4v) is 5.26. The highest BCUT2D eigenvalue weighted by Crippen LogP contribution is 2.27. The summed E-state index contributed by atoms with van der Waals surface area (Å²) in [5.74, 6) is -0.290. The number of rotatable bonds is 9. The molecular weight excluding hydrogens is 458 g/mol. The van der Waals surface area contributed by atoms with Crippen molar-refractivity contribution in [1.29, 1.82) is 0 Å². The molecule has 0 unspecified atom stereocenters. The van der Waals surface area contributed by atoms with E-state index in [1.165, 1.54) is 34.3 Å². The van der Waals surface area contributed by atoms with Gasteiger partial charge in [-0.3, -0.25) is 9.36 Å². The SMILES string of the molecule is CCN(CC)S(=O)(=O)c1ccc(Cl)c(NC(=O)CSc2nncn2-c2ccccc2)c1. The van der Waals surface area contributed by atoms with E-state index < -0.39 is 10.0 Å². The molecule has 0 aliphatic heterocycles. The predicted molar refractivity (Wildman–Crippen MR) is 122 cm³/mol. The zero-order chi connectivity index (χ0) is 22.4. The Morgan fingerprint density at radius 3 is 2.55 bits per heavy atom. The molecule has 0 aliphatic rings. The van der Waals surface area contributed by atoms with Crippen LogP contribution in [0.3, 0.4) is 0 Å². The lowest BCUT2D eigenvalue weighted by Crippen LogP contribution is -2.30. The number of para-hydroxylation sites is 1. The molecule has 3 rings (SSSR count). The van der Waals surface area contributed by atoms with E-state index in [0.29, 0.717) is 18.2 Å². The molecule has 1 heterocycles. The number of thioether (sulfide) groups is 1. The molecule has 1 N–H and O–H groups in total. The van der Waals surface area contributed by atoms with Gasteiger partial charge in [-0.1, -0.05) is 55.4 Å². The molecule has 31 heavy (non-hydrogen) atoms. The molecule has 2 aromatic carbocycles. The van der Waals surface area contributed by atoms with E-state index in [1.54, 1.807) is 24.7 Å². The zero-order valence-corrected chi connectivity index (χ0v) is 19.4. The van der Waals surface area contributed by atoms with Crippen molar-refractivity contribution in [3.05, 3.63) is 59.9 Å². The van der Waals surface area contributed by atoms with Crippen LogP contribution in [0, 0.1) is 0 Å². The second kappa shape index (κ2) is 10.3. The second-order valence-electron chi connectivity index (χ2n) is 6.39. The maximum Gasteiger partial charge on any atom is 0.243 e. The van der Waals surface area contributed by atoms with Crippen LogP contribution in [0.25, 0.3) is 5.69 Å². The lowest BCUT2D eigenvalue weighted by Gasteiger charge is -2.19. The largest absolute Gasteiger partial charge is 0.324 e. The van der Waals surface area contributed by atoms with Crippen molar-refractivity contribution < 1.29 is 13.2 Å². The van der Waals surface area contributed by atoms with Crippen LogP contribution in [-0.4, -0.2) is 52.2 Å². The van der Waals surface area contributed by atoms with Crippen LogP contribution in [0.4, 0.5) is 5.69 Å². The topological polar surface area (TPSA) is 97.2 Å². The number of carbonyl (C=O) groups excluding carboxylic acids is 1. The monoisotopic (exact) mass is 479 g/mol. The van der Waals surface area contributed by atoms with E-state index in [1.807, 2.05) is 30.3 Å². The number of nitrogens with zero attached hydrogens (tertiary/aromatic N) is 4. The Morgan fingerprint density at radius 1 is 1.16 bits per heavy atom. The predicted octanol–water partition coefficient (Wildman–Crippen LogP) is 3.68. The Balaban J connectivity index is 1.71. The van der Waals surface area contributed by atoms with Crippen LogP contribution < -0.4 is 5.32 Å². The minimum atomic E-state index is -3.66. The van der Waals surface area contributed by atoms with Gasteiger partial charge in [0.1, 0.15) is 6.33 Å². The summed E-state index contributed by atoms with van der Waals surface area (Å²) in [7, 11) is -3.66. The average molecular weight is 480 g/mol. The molecule has 8 nitrogen and oxygen atoms in total. The minimum Gasteiger partial charge on any atom is -0.324 e. The first-order chi connectivity index (χ1) is 14.9. The summed E-state index contributed by atoms with van der Waals surface area (Å²) in [4.78, 5) is 12.6. The fraction of sp³-hybridized carbons (Fsp3) is 0.250. The van der Waals surface area contributed by atoms with Gasteiger partial charge in [0.15, 0.2) is 5.16 Å². The van der Waals surface area contributed by atoms with Gasteiger partial charge in [0.05, 0.1) is 21.4 Å². The third-order valence-electron chi connectivity index (χ3n) is 4.44. The van der Waals surface area contributed by atoms with Crippen molar-refractivity contribution in [2.45, 2.75) is 23.9 Å². The molecule has 164 valence electrons. The van der Waals surface area contributed by atoms with Gasteiger partial charge in [0.2, 0.25) is 15.9 Å². The number of anilines is 1. The zero-order valence-electron chi connectivity index (χ0n) is 17.0. The number of aromatic nitrogens is 3. The molecule has 0 aliphatic carbocycles. The molecule has 0 radical (unpaired) electrons. The summed E-state index contributed by atoms with van der Waals surface area (Å²) in [6.45, 7) is 4.24. The molecule has 11 heteroatoms. The Bertz CT molecular complexity index is 1150. The van der Waals surface area contributed by atoms with Crippen LogP contribution in [0.2, 0.25) is 5.02 Å². The van der Waals surface area contributed by atoms with Crippen molar-refractivity contribution in [2.75, 3.05) is 24.2 Å². The van der Waals surface area contributed by atoms with Gasteiger partial charge in [0, 0.05) is 18.8 Å². The first kappa shape index (κ1) is 23.3. The number of sulfonamides is 1. The van der Waals surface area contributed by atoms with Crippen molar-refractivity contribution in [2.24, 2.45) is 0 Å². The normalized spacial score (nSPS) is 11.6. The van der Waals surface area contributed by atoms with Crippen molar-refractivity contribution in [3.63, 3.8) is 0 Å². The molecule has 0 bridgehead atoms. The molecule has 0 saturated carbocycles. The molecule has 0 saturated heterocycles. The smallest absolute Gasteiger partial charge is 0.243 e. The van der Waals surface area contributed by atoms with Crippen LogP contribution in [0.1, 0.15) is 13.8 Å². The quantitative estimate of drug-likeness (QED) is 0.470. The maximum absolute atomic E-state index is 12.7. The molecule has 1 aromatic heterocycles. The Kier molecular flexibility index (Phi) is 7.71. The second-order valence-corrected chi connectivity index (χ2v) is 9.67. The van der Waals surface area contributed by atoms with Gasteiger partial charge in [-0.25, -0.2) is 8.42 Å². The third kappa shape index (κ3) is 5.45. The summed E-state index contributed by atoms with van der Waals surface area (Å²) in [5.41, 5.74) is 1.12. The third-order valence-corrected chi connectivity index (χ3v) is 7.76. The number of nitrogens with one attached hydrogen (secondary N) is 1. The van der Waals surface area contributed by atoms with Crippen LogP contribution in [-0.2, 0) is 14.8 Å². The van der Waals surface area contributed by atoms with Gasteiger partial charge in [-0.2, -0.15) is 4.31 Å². The maximum atomic E-state index is 12.7. The van der Waals surface area contributed by atoms with E-state index in [-0.39, 0.29) is 27.3 Å². The van der Waals surface area contributed by atoms with Gasteiger partial charge >= 0.3 is 0 Å². The molecule has 3 aromatic rings. The summed E-state index contributed by atoms with van der Waals surface area (Å²) in [6.07, 6.45) is 1.58. The number of halogens is 1. The Labute approximate surface area is 190 Å². The standard InChI is InChI=1S/C20H22ClN5O3S2/c1-3-25(4-2)31(28,29)16-10-11-17(21)18(12-16)23-19(27)13-30-20-24-22-14-26(20)15-8-6-5-7-9-15/h5-12,14H,3-4,13H2,1-2H3,(H,23,27). The summed E-state index contributed by atoms with van der Waals surface area (Å²) >= 11 is 7.40. The van der Waals surface area contributed by atoms with Crippen LogP contribution in [0.5, 0.6) is 0 Å². The highest BCUT2D eigenvalue weighted by molar-refractivity contribution is 7.99. The molecular formula is C20H22ClN5O3S2. The average Bonchev–Trinajstić information content (AvgIpc) is 3.23. The van der Waals surface area contributed by atoms with Crippen LogP contribution in [0.15, 0.2) is 64.9 Å². The van der Waals surface area contributed by atoms with Gasteiger partial charge in [0.25, 0.3) is 0 Å². The minimum absolute atomic E-state index is 0.0505. The highest BCUT2D eigenvalue weighted by Gasteiger charge is 2.23. The number of amides is 1. The number of carbonyl (C=O) groups is 1. The van der Waals surface area contributed by atoms with Crippen molar-refractivity contribution in [3.8, 4) is 5.69 Å². The van der Waals surface area contributed by atoms with E-state index in [0.717, 1.165) is 5.69 Å². The van der Waals surface area contributed by atoms with E-state index >= 15 is 0 Å². The molecule has 1 amide bonds. The van der Waals surface area contributed by atoms with Gasteiger partial charge in [-0.05, 0) is 30.3 Å². The number of benzene rings is 2. The van der Waals surface area contributed by atoms with E-state index in [4.69, 9.17) is 11.6 Å². The fourth-order valence-electron chi connectivity index (χ4n) is 2.88. The number of hydrogen-bond acceptors (Lipinski definition) is 6. The van der Waals surface area contributed by atoms with Crippen molar-refractivity contribution in [1.82, 2.24) is 19.1 Å². The summed E-state index contributed by atoms with van der Waals surface area (Å²) < 4.78 is 28.6. The first-order valence-corrected chi connectivity index (χ1v) is 12.3.